The molecule has 0 atom stereocenters. The Morgan fingerprint density at radius 2 is 1.86 bits per heavy atom. The zero-order chi connectivity index (χ0) is 26.8. The number of rotatable bonds is 7. The molecule has 0 saturated carbocycles. The fraction of sp³-hybridized carbons (Fsp3) is 0.200. The Labute approximate surface area is 210 Å². The molecule has 9 nitrogen and oxygen atoms in total. The van der Waals surface area contributed by atoms with Crippen molar-refractivity contribution in [1.29, 1.82) is 0 Å². The third-order valence-corrected chi connectivity index (χ3v) is 7.70. The van der Waals surface area contributed by atoms with Gasteiger partial charge >= 0.3 is 12.1 Å². The van der Waals surface area contributed by atoms with Crippen LogP contribution in [-0.4, -0.2) is 50.1 Å². The van der Waals surface area contributed by atoms with Crippen molar-refractivity contribution in [3.8, 4) is 10.4 Å². The molecule has 0 bridgehead atoms. The predicted molar refractivity (Wildman–Crippen MR) is 123 cm³/mol. The van der Waals surface area contributed by atoms with Gasteiger partial charge in [0, 0.05) is 18.8 Å². The van der Waals surface area contributed by atoms with Crippen LogP contribution in [-0.2, 0) is 24.3 Å². The van der Waals surface area contributed by atoms with Crippen LogP contribution in [0.2, 0.25) is 5.15 Å². The van der Waals surface area contributed by atoms with Crippen molar-refractivity contribution in [2.45, 2.75) is 18.0 Å². The van der Waals surface area contributed by atoms with Crippen LogP contribution in [0.5, 0.6) is 0 Å². The Morgan fingerprint density at radius 1 is 1.22 bits per heavy atom. The third kappa shape index (κ3) is 6.09. The summed E-state index contributed by atoms with van der Waals surface area (Å²) in [7, 11) is -2.89. The van der Waals surface area contributed by atoms with E-state index in [1.54, 1.807) is 6.92 Å². The molecule has 2 heterocycles. The highest BCUT2D eigenvalue weighted by Crippen LogP contribution is 2.37. The highest BCUT2D eigenvalue weighted by Gasteiger charge is 2.41. The third-order valence-electron chi connectivity index (χ3n) is 4.50. The highest BCUT2D eigenvalue weighted by molar-refractivity contribution is 7.92. The van der Waals surface area contributed by atoms with Gasteiger partial charge < -0.3 is 4.74 Å². The van der Waals surface area contributed by atoms with Gasteiger partial charge in [-0.05, 0) is 37.3 Å². The van der Waals surface area contributed by atoms with E-state index < -0.39 is 40.5 Å². The zero-order valence-electron chi connectivity index (χ0n) is 18.3. The predicted octanol–water partition coefficient (Wildman–Crippen LogP) is 4.18. The summed E-state index contributed by atoms with van der Waals surface area (Å²) in [6, 6.07) is 5.60. The van der Waals surface area contributed by atoms with Gasteiger partial charge in [-0.25, -0.2) is 27.6 Å². The molecule has 36 heavy (non-hydrogen) atoms. The molecule has 2 aromatic heterocycles. The average molecular weight is 567 g/mol. The average Bonchev–Trinajstić information content (AvgIpc) is 3.16. The van der Waals surface area contributed by atoms with Gasteiger partial charge in [0.15, 0.2) is 16.9 Å². The van der Waals surface area contributed by atoms with E-state index in [9.17, 15) is 35.6 Å². The van der Waals surface area contributed by atoms with Crippen molar-refractivity contribution in [3.63, 3.8) is 0 Å². The van der Waals surface area contributed by atoms with E-state index >= 15 is 0 Å². The smallest absolute Gasteiger partial charge is 0.449 e. The molecule has 0 unspecified atom stereocenters. The Hall–Kier alpha value is -3.30. The van der Waals surface area contributed by atoms with Crippen LogP contribution in [0.4, 0.5) is 28.4 Å². The molecule has 0 aliphatic carbocycles. The van der Waals surface area contributed by atoms with Gasteiger partial charge in [0.2, 0.25) is 0 Å². The van der Waals surface area contributed by atoms with E-state index in [1.165, 1.54) is 19.3 Å². The summed E-state index contributed by atoms with van der Waals surface area (Å²) in [5, 5.41) is 2.06. The van der Waals surface area contributed by atoms with Crippen molar-refractivity contribution in [1.82, 2.24) is 9.97 Å². The number of nitrogens with one attached hydrogen (secondary N) is 1. The summed E-state index contributed by atoms with van der Waals surface area (Å²) >= 11 is 7.05. The van der Waals surface area contributed by atoms with Crippen LogP contribution >= 0.6 is 22.9 Å². The van der Waals surface area contributed by atoms with Crippen molar-refractivity contribution >= 4 is 55.7 Å². The first-order valence-corrected chi connectivity index (χ1v) is 12.2. The van der Waals surface area contributed by atoms with E-state index in [0.717, 1.165) is 39.9 Å². The molecular weight excluding hydrogens is 552 g/mol. The second kappa shape index (κ2) is 10.4. The van der Waals surface area contributed by atoms with Crippen LogP contribution in [0, 0.1) is 12.7 Å². The summed E-state index contributed by atoms with van der Waals surface area (Å²) < 4.78 is 80.4. The van der Waals surface area contributed by atoms with Crippen molar-refractivity contribution in [2.75, 3.05) is 23.3 Å². The number of carbonyl (C=O) groups is 2. The minimum atomic E-state index is -5.23. The van der Waals surface area contributed by atoms with Crippen LogP contribution in [0.1, 0.15) is 5.69 Å². The second-order valence-electron chi connectivity index (χ2n) is 7.02. The largest absolute Gasteiger partial charge is 0.490 e. The minimum absolute atomic E-state index is 0.00376. The molecule has 0 aliphatic rings. The number of benzene rings is 1. The topological polar surface area (TPSA) is 119 Å². The summed E-state index contributed by atoms with van der Waals surface area (Å²) in [5.74, 6) is -4.17. The molecule has 0 fully saturated rings. The first-order chi connectivity index (χ1) is 16.7. The lowest BCUT2D eigenvalue weighted by Crippen LogP contribution is -2.29. The molecule has 1 amide bonds. The van der Waals surface area contributed by atoms with Crippen molar-refractivity contribution < 1.29 is 40.3 Å². The molecule has 0 spiro atoms. The van der Waals surface area contributed by atoms with Crippen LogP contribution in [0.15, 0.2) is 41.4 Å². The van der Waals surface area contributed by atoms with Gasteiger partial charge in [-0.2, -0.15) is 13.2 Å². The molecule has 1 N–H and O–H groups in total. The molecule has 0 saturated heterocycles. The molecule has 3 rings (SSSR count). The van der Waals surface area contributed by atoms with E-state index in [-0.39, 0.29) is 20.9 Å². The first kappa shape index (κ1) is 27.3. The number of carbonyl (C=O) groups excluding carboxylic acids is 2. The molecule has 1 aromatic carbocycles. The Kier molecular flexibility index (Phi) is 7.85. The Morgan fingerprint density at radius 3 is 2.47 bits per heavy atom. The van der Waals surface area contributed by atoms with Crippen LogP contribution < -0.4 is 9.62 Å². The first-order valence-electron chi connectivity index (χ1n) is 9.62. The number of sulfonamides is 1. The van der Waals surface area contributed by atoms with E-state index in [2.05, 4.69) is 20.0 Å². The Bertz CT molecular complexity index is 1410. The van der Waals surface area contributed by atoms with E-state index in [4.69, 9.17) is 11.6 Å². The molecule has 3 aromatic rings. The number of hydrogen-bond acceptors (Lipinski definition) is 8. The number of halogens is 5. The number of aromatic nitrogens is 2. The number of pyridine rings is 1. The van der Waals surface area contributed by atoms with Gasteiger partial charge in [-0.1, -0.05) is 22.9 Å². The van der Waals surface area contributed by atoms with E-state index in [1.807, 2.05) is 0 Å². The lowest BCUT2D eigenvalue weighted by molar-refractivity contribution is -0.199. The number of amides is 1. The van der Waals surface area contributed by atoms with Gasteiger partial charge in [-0.15, -0.1) is 0 Å². The number of thiazole rings is 1. The number of nitrogens with zero attached hydrogens (tertiary/aromatic N) is 3. The normalized spacial score (nSPS) is 11.8. The standard InChI is InChI=1S/C20H15ClF4N4O5S2/c1-10-16(35-19(27-10)28-15(30)9-34-18(31)20(23,24)25)11-7-14(17(21)26-8-11)29(2)36(32,33)13-5-3-12(22)4-6-13/h3-8H,9H2,1-2H3,(H,27,28,30). The van der Waals surface area contributed by atoms with Gasteiger partial charge in [0.05, 0.1) is 21.2 Å². The minimum Gasteiger partial charge on any atom is -0.449 e. The van der Waals surface area contributed by atoms with Crippen molar-refractivity contribution in [2.24, 2.45) is 0 Å². The van der Waals surface area contributed by atoms with Crippen LogP contribution in [0.25, 0.3) is 10.4 Å². The molecule has 0 aliphatic heterocycles. The highest BCUT2D eigenvalue weighted by atomic mass is 35.5. The summed E-state index contributed by atoms with van der Waals surface area (Å²) in [6.07, 6.45) is -3.90. The maximum Gasteiger partial charge on any atom is 0.490 e. The second-order valence-corrected chi connectivity index (χ2v) is 10.3. The zero-order valence-corrected chi connectivity index (χ0v) is 20.6. The number of aryl methyl sites for hydroxylation is 1. The number of anilines is 2. The lowest BCUT2D eigenvalue weighted by atomic mass is 10.2. The maximum absolute atomic E-state index is 13.2. The van der Waals surface area contributed by atoms with Gasteiger partial charge in [0.25, 0.3) is 15.9 Å². The quantitative estimate of drug-likeness (QED) is 0.259. The van der Waals surface area contributed by atoms with Crippen LogP contribution in [0.3, 0.4) is 0 Å². The van der Waals surface area contributed by atoms with E-state index in [0.29, 0.717) is 16.1 Å². The molecule has 192 valence electrons. The van der Waals surface area contributed by atoms with Crippen molar-refractivity contribution in [3.05, 3.63) is 53.2 Å². The fourth-order valence-corrected chi connectivity index (χ4v) is 5.20. The Balaban J connectivity index is 1.83. The summed E-state index contributed by atoms with van der Waals surface area (Å²) in [6.45, 7) is 0.392. The summed E-state index contributed by atoms with van der Waals surface area (Å²) in [4.78, 5) is 30.9. The molecule has 16 heteroatoms. The number of hydrogen-bond donors (Lipinski definition) is 1. The van der Waals surface area contributed by atoms with Gasteiger partial charge in [0.1, 0.15) is 5.82 Å². The SMILES string of the molecule is Cc1nc(NC(=O)COC(=O)C(F)(F)F)sc1-c1cnc(Cl)c(N(C)S(=O)(=O)c2ccc(F)cc2)c1. The number of ether oxygens (including phenoxy) is 1. The maximum atomic E-state index is 13.2. The number of esters is 1. The number of alkyl halides is 3. The monoisotopic (exact) mass is 566 g/mol. The molecular formula is C20H15ClF4N4O5S2. The molecule has 0 radical (unpaired) electrons. The fourth-order valence-electron chi connectivity index (χ4n) is 2.76. The summed E-state index contributed by atoms with van der Waals surface area (Å²) in [5.41, 5.74) is 0.743. The lowest BCUT2D eigenvalue weighted by Gasteiger charge is -2.20. The van der Waals surface area contributed by atoms with Gasteiger partial charge in [-0.3, -0.25) is 14.4 Å².